The van der Waals surface area contributed by atoms with Gasteiger partial charge in [-0.15, -0.1) is 0 Å². The van der Waals surface area contributed by atoms with Gasteiger partial charge in [-0.1, -0.05) is 49.2 Å². The Balaban J connectivity index is 1.90. The topological polar surface area (TPSA) is 58.6 Å². The minimum absolute atomic E-state index is 0.117. The van der Waals surface area contributed by atoms with Gasteiger partial charge in [-0.3, -0.25) is 9.59 Å². The number of unbranched alkanes of at least 4 members (excludes halogenated alkanes) is 1. The molecule has 0 saturated heterocycles. The molecule has 0 radical (unpaired) electrons. The molecule has 2 aromatic rings. The highest BCUT2D eigenvalue weighted by atomic mass is 16.5. The van der Waals surface area contributed by atoms with Crippen molar-refractivity contribution in [1.29, 1.82) is 0 Å². The molecule has 1 aliphatic heterocycles. The van der Waals surface area contributed by atoms with Crippen molar-refractivity contribution in [1.82, 2.24) is 5.32 Å². The summed E-state index contributed by atoms with van der Waals surface area (Å²) in [6.45, 7) is 6.61. The van der Waals surface area contributed by atoms with E-state index in [-0.39, 0.29) is 11.8 Å². The van der Waals surface area contributed by atoms with E-state index in [0.29, 0.717) is 13.2 Å². The summed E-state index contributed by atoms with van der Waals surface area (Å²) >= 11 is 0. The molecule has 0 aromatic heterocycles. The second-order valence-electron chi connectivity index (χ2n) is 6.93. The van der Waals surface area contributed by atoms with E-state index in [9.17, 15) is 9.59 Å². The van der Waals surface area contributed by atoms with Gasteiger partial charge in [0.25, 0.3) is 5.91 Å². The fourth-order valence-electron chi connectivity index (χ4n) is 3.34. The third kappa shape index (κ3) is 4.13. The smallest absolute Gasteiger partial charge is 0.254 e. The Labute approximate surface area is 160 Å². The standard InChI is InChI=1S/C22H26N2O3/c1-4-5-12-27-20-9-7-6-8-17(20)14-24-19-11-10-15(2)13-18(19)21(22(24)26)23-16(3)25/h6-11,13,21H,4-5,12,14H2,1-3H3,(H,23,25)/t21-/m0/s1. The summed E-state index contributed by atoms with van der Waals surface area (Å²) in [5.74, 6) is 0.468. The number of hydrogen-bond acceptors (Lipinski definition) is 3. The Hall–Kier alpha value is -2.82. The molecule has 1 atom stereocenters. The van der Waals surface area contributed by atoms with E-state index < -0.39 is 6.04 Å². The van der Waals surface area contributed by atoms with Crippen molar-refractivity contribution in [3.63, 3.8) is 0 Å². The molecule has 0 fully saturated rings. The Morgan fingerprint density at radius 2 is 2.00 bits per heavy atom. The van der Waals surface area contributed by atoms with Crippen molar-refractivity contribution in [2.24, 2.45) is 0 Å². The maximum atomic E-state index is 13.1. The Morgan fingerprint density at radius 1 is 1.22 bits per heavy atom. The van der Waals surface area contributed by atoms with Gasteiger partial charge >= 0.3 is 0 Å². The Kier molecular flexibility index (Phi) is 5.79. The highest BCUT2D eigenvalue weighted by Gasteiger charge is 2.38. The van der Waals surface area contributed by atoms with Gasteiger partial charge in [0, 0.05) is 23.7 Å². The fourth-order valence-corrected chi connectivity index (χ4v) is 3.34. The van der Waals surface area contributed by atoms with Crippen LogP contribution >= 0.6 is 0 Å². The van der Waals surface area contributed by atoms with E-state index in [2.05, 4.69) is 12.2 Å². The van der Waals surface area contributed by atoms with Gasteiger partial charge in [-0.2, -0.15) is 0 Å². The third-order valence-corrected chi connectivity index (χ3v) is 4.70. The number of carbonyl (C=O) groups is 2. The number of nitrogens with one attached hydrogen (secondary N) is 1. The average molecular weight is 366 g/mol. The molecular formula is C22H26N2O3. The van der Waals surface area contributed by atoms with Crippen LogP contribution in [0.15, 0.2) is 42.5 Å². The van der Waals surface area contributed by atoms with Crippen molar-refractivity contribution in [3.05, 3.63) is 59.2 Å². The van der Waals surface area contributed by atoms with Crippen LogP contribution in [0.25, 0.3) is 0 Å². The van der Waals surface area contributed by atoms with Crippen molar-refractivity contribution in [2.75, 3.05) is 11.5 Å². The number of para-hydroxylation sites is 1. The SMILES string of the molecule is CCCCOc1ccccc1CN1C(=O)[C@@H](NC(C)=O)c2cc(C)ccc21. The van der Waals surface area contributed by atoms with Crippen molar-refractivity contribution in [2.45, 2.75) is 46.2 Å². The number of hydrogen-bond donors (Lipinski definition) is 1. The van der Waals surface area contributed by atoms with Gasteiger partial charge in [-0.05, 0) is 25.5 Å². The predicted octanol–water partition coefficient (Wildman–Crippen LogP) is 3.90. The summed E-state index contributed by atoms with van der Waals surface area (Å²) in [6.07, 6.45) is 2.06. The van der Waals surface area contributed by atoms with Crippen LogP contribution in [-0.4, -0.2) is 18.4 Å². The van der Waals surface area contributed by atoms with Crippen LogP contribution in [0.1, 0.15) is 49.4 Å². The molecule has 0 aliphatic carbocycles. The predicted molar refractivity (Wildman–Crippen MR) is 106 cm³/mol. The summed E-state index contributed by atoms with van der Waals surface area (Å²) in [6, 6.07) is 13.1. The van der Waals surface area contributed by atoms with Crippen LogP contribution in [-0.2, 0) is 16.1 Å². The number of amides is 2. The number of fused-ring (bicyclic) bond motifs is 1. The van der Waals surface area contributed by atoms with Crippen LogP contribution in [0, 0.1) is 6.92 Å². The van der Waals surface area contributed by atoms with E-state index in [1.54, 1.807) is 4.90 Å². The molecule has 5 nitrogen and oxygen atoms in total. The molecule has 0 spiro atoms. The molecule has 1 aliphatic rings. The molecule has 0 saturated carbocycles. The molecule has 2 aromatic carbocycles. The molecule has 1 N–H and O–H groups in total. The first kappa shape index (κ1) is 19.0. The first-order valence-electron chi connectivity index (χ1n) is 9.41. The summed E-state index contributed by atoms with van der Waals surface area (Å²) in [5.41, 5.74) is 3.70. The number of aryl methyl sites for hydroxylation is 1. The van der Waals surface area contributed by atoms with E-state index in [1.165, 1.54) is 6.92 Å². The molecule has 2 amide bonds. The number of benzene rings is 2. The number of nitrogens with zero attached hydrogens (tertiary/aromatic N) is 1. The largest absolute Gasteiger partial charge is 0.493 e. The highest BCUT2D eigenvalue weighted by Crippen LogP contribution is 2.38. The molecule has 3 rings (SSSR count). The Bertz CT molecular complexity index is 847. The van der Waals surface area contributed by atoms with Crippen molar-refractivity contribution < 1.29 is 14.3 Å². The fraction of sp³-hybridized carbons (Fsp3) is 0.364. The second-order valence-corrected chi connectivity index (χ2v) is 6.93. The molecule has 0 bridgehead atoms. The zero-order chi connectivity index (χ0) is 19.4. The van der Waals surface area contributed by atoms with E-state index in [1.807, 2.05) is 49.4 Å². The molecule has 27 heavy (non-hydrogen) atoms. The van der Waals surface area contributed by atoms with Gasteiger partial charge in [0.05, 0.1) is 13.2 Å². The molecule has 5 heteroatoms. The van der Waals surface area contributed by atoms with Crippen molar-refractivity contribution in [3.8, 4) is 5.75 Å². The van der Waals surface area contributed by atoms with Gasteiger partial charge in [0.1, 0.15) is 11.8 Å². The average Bonchev–Trinajstić information content (AvgIpc) is 2.88. The van der Waals surface area contributed by atoms with Crippen LogP contribution in [0.3, 0.4) is 0 Å². The van der Waals surface area contributed by atoms with Gasteiger partial charge in [-0.25, -0.2) is 0 Å². The lowest BCUT2D eigenvalue weighted by molar-refractivity contribution is -0.126. The summed E-state index contributed by atoms with van der Waals surface area (Å²) in [5, 5.41) is 2.79. The van der Waals surface area contributed by atoms with Crippen LogP contribution in [0.2, 0.25) is 0 Å². The van der Waals surface area contributed by atoms with Crippen LogP contribution < -0.4 is 15.0 Å². The minimum Gasteiger partial charge on any atom is -0.493 e. The monoisotopic (exact) mass is 366 g/mol. The van der Waals surface area contributed by atoms with Gasteiger partial charge in [0.2, 0.25) is 5.91 Å². The second kappa shape index (κ2) is 8.25. The minimum atomic E-state index is -0.634. The summed E-state index contributed by atoms with van der Waals surface area (Å²) < 4.78 is 5.91. The zero-order valence-electron chi connectivity index (χ0n) is 16.1. The highest BCUT2D eigenvalue weighted by molar-refractivity contribution is 6.06. The van der Waals surface area contributed by atoms with E-state index >= 15 is 0 Å². The summed E-state index contributed by atoms with van der Waals surface area (Å²) in [4.78, 5) is 26.4. The maximum Gasteiger partial charge on any atom is 0.254 e. The quantitative estimate of drug-likeness (QED) is 0.756. The maximum absolute atomic E-state index is 13.1. The van der Waals surface area contributed by atoms with Crippen molar-refractivity contribution >= 4 is 17.5 Å². The number of carbonyl (C=O) groups excluding carboxylic acids is 2. The molecule has 142 valence electrons. The lowest BCUT2D eigenvalue weighted by Gasteiger charge is -2.20. The first-order chi connectivity index (χ1) is 13.0. The van der Waals surface area contributed by atoms with Gasteiger partial charge < -0.3 is 15.0 Å². The van der Waals surface area contributed by atoms with E-state index in [4.69, 9.17) is 4.74 Å². The zero-order valence-corrected chi connectivity index (χ0v) is 16.1. The van der Waals surface area contributed by atoms with Crippen LogP contribution in [0.5, 0.6) is 5.75 Å². The number of ether oxygens (including phenoxy) is 1. The van der Waals surface area contributed by atoms with Crippen LogP contribution in [0.4, 0.5) is 5.69 Å². The number of rotatable bonds is 7. The number of anilines is 1. The normalized spacial score (nSPS) is 15.6. The first-order valence-corrected chi connectivity index (χ1v) is 9.41. The third-order valence-electron chi connectivity index (χ3n) is 4.70. The molecule has 0 unspecified atom stereocenters. The Morgan fingerprint density at radius 3 is 2.74 bits per heavy atom. The lowest BCUT2D eigenvalue weighted by Crippen LogP contribution is -2.36. The van der Waals surface area contributed by atoms with Gasteiger partial charge in [0.15, 0.2) is 0 Å². The lowest BCUT2D eigenvalue weighted by atomic mass is 10.1. The molecule has 1 heterocycles. The summed E-state index contributed by atoms with van der Waals surface area (Å²) in [7, 11) is 0. The van der Waals surface area contributed by atoms with E-state index in [0.717, 1.165) is 41.0 Å². The molecular weight excluding hydrogens is 340 g/mol.